The molecule has 3 heterocycles. The van der Waals surface area contributed by atoms with Crippen molar-refractivity contribution in [3.8, 4) is 19.5 Å². The highest BCUT2D eigenvalue weighted by atomic mass is 32.1. The molecule has 4 heteroatoms. The lowest BCUT2D eigenvalue weighted by atomic mass is 10.2. The summed E-state index contributed by atoms with van der Waals surface area (Å²) in [6.45, 7) is 0. The van der Waals surface area contributed by atoms with Crippen molar-refractivity contribution in [1.82, 2.24) is 0 Å². The fourth-order valence-corrected chi connectivity index (χ4v) is 4.95. The van der Waals surface area contributed by atoms with Gasteiger partial charge in [0.15, 0.2) is 0 Å². The van der Waals surface area contributed by atoms with Crippen LogP contribution in [0.25, 0.3) is 19.5 Å². The van der Waals surface area contributed by atoms with E-state index in [0.717, 1.165) is 5.75 Å². The maximum atomic E-state index is 4.44. The molecule has 0 N–H and O–H groups in total. The third kappa shape index (κ3) is 2.22. The summed E-state index contributed by atoms with van der Waals surface area (Å²) in [6.07, 6.45) is 0. The zero-order valence-corrected chi connectivity index (χ0v) is 12.3. The van der Waals surface area contributed by atoms with E-state index in [-0.39, 0.29) is 0 Å². The Hall–Kier alpha value is -0.550. The summed E-state index contributed by atoms with van der Waals surface area (Å²) in [5, 5.41) is 4.25. The standard InChI is InChI=1S/C13H10S4/c14-8-9-7-12(10-3-1-5-15-10)17-13(9)11-4-2-6-16-11/h1-7,14H,8H2. The lowest BCUT2D eigenvalue weighted by Crippen LogP contribution is -1.73. The monoisotopic (exact) mass is 294 g/mol. The lowest BCUT2D eigenvalue weighted by molar-refractivity contribution is 1.50. The van der Waals surface area contributed by atoms with E-state index < -0.39 is 0 Å². The van der Waals surface area contributed by atoms with Crippen LogP contribution in [0.4, 0.5) is 0 Å². The zero-order chi connectivity index (χ0) is 11.7. The minimum atomic E-state index is 0.801. The van der Waals surface area contributed by atoms with Gasteiger partial charge in [0.25, 0.3) is 0 Å². The van der Waals surface area contributed by atoms with E-state index in [1.165, 1.54) is 25.1 Å². The normalized spacial score (nSPS) is 10.9. The van der Waals surface area contributed by atoms with Crippen molar-refractivity contribution in [2.24, 2.45) is 0 Å². The van der Waals surface area contributed by atoms with E-state index in [1.54, 1.807) is 22.7 Å². The van der Waals surface area contributed by atoms with Gasteiger partial charge in [-0.05, 0) is 34.5 Å². The van der Waals surface area contributed by atoms with Crippen LogP contribution in [0.1, 0.15) is 5.56 Å². The second kappa shape index (κ2) is 4.98. The first kappa shape index (κ1) is 11.5. The van der Waals surface area contributed by atoms with Gasteiger partial charge in [-0.3, -0.25) is 0 Å². The molecule has 17 heavy (non-hydrogen) atoms. The van der Waals surface area contributed by atoms with Crippen molar-refractivity contribution in [2.45, 2.75) is 5.75 Å². The van der Waals surface area contributed by atoms with E-state index in [0.29, 0.717) is 0 Å². The van der Waals surface area contributed by atoms with Crippen molar-refractivity contribution in [3.63, 3.8) is 0 Å². The van der Waals surface area contributed by atoms with Gasteiger partial charge in [0.2, 0.25) is 0 Å². The molecule has 0 atom stereocenters. The first-order valence-corrected chi connectivity index (χ1v) is 8.40. The summed E-state index contributed by atoms with van der Waals surface area (Å²) < 4.78 is 0. The SMILES string of the molecule is SCc1cc(-c2cccs2)sc1-c1cccs1. The average molecular weight is 294 g/mol. The van der Waals surface area contributed by atoms with Crippen LogP contribution in [-0.4, -0.2) is 0 Å². The van der Waals surface area contributed by atoms with Crippen LogP contribution in [-0.2, 0) is 5.75 Å². The largest absolute Gasteiger partial charge is 0.174 e. The highest BCUT2D eigenvalue weighted by Crippen LogP contribution is 2.41. The summed E-state index contributed by atoms with van der Waals surface area (Å²) in [6, 6.07) is 10.8. The van der Waals surface area contributed by atoms with Crippen LogP contribution in [0.3, 0.4) is 0 Å². The zero-order valence-electron chi connectivity index (χ0n) is 8.92. The summed E-state index contributed by atoms with van der Waals surface area (Å²) in [5.41, 5.74) is 1.34. The van der Waals surface area contributed by atoms with E-state index >= 15 is 0 Å². The Morgan fingerprint density at radius 3 is 2.24 bits per heavy atom. The highest BCUT2D eigenvalue weighted by Gasteiger charge is 2.12. The topological polar surface area (TPSA) is 0 Å². The third-order valence-electron chi connectivity index (χ3n) is 2.49. The quantitative estimate of drug-likeness (QED) is 0.594. The predicted molar refractivity (Wildman–Crippen MR) is 83.6 cm³/mol. The maximum Gasteiger partial charge on any atom is 0.0489 e. The number of hydrogen-bond acceptors (Lipinski definition) is 4. The summed E-state index contributed by atoms with van der Waals surface area (Å²) in [7, 11) is 0. The molecule has 0 radical (unpaired) electrons. The Labute approximate surface area is 118 Å². The van der Waals surface area contributed by atoms with Crippen LogP contribution in [0.15, 0.2) is 41.1 Å². The number of hydrogen-bond donors (Lipinski definition) is 1. The predicted octanol–water partition coefficient (Wildman–Crippen LogP) is 5.63. The molecule has 0 aliphatic carbocycles. The fraction of sp³-hybridized carbons (Fsp3) is 0.0769. The van der Waals surface area contributed by atoms with Gasteiger partial charge in [0, 0.05) is 25.3 Å². The van der Waals surface area contributed by atoms with Gasteiger partial charge in [-0.2, -0.15) is 12.6 Å². The Kier molecular flexibility index (Phi) is 3.38. The summed E-state index contributed by atoms with van der Waals surface area (Å²) in [4.78, 5) is 5.42. The van der Waals surface area contributed by atoms with Crippen molar-refractivity contribution in [1.29, 1.82) is 0 Å². The van der Waals surface area contributed by atoms with E-state index in [4.69, 9.17) is 0 Å². The Morgan fingerprint density at radius 2 is 1.65 bits per heavy atom. The molecule has 0 nitrogen and oxygen atoms in total. The molecule has 0 saturated carbocycles. The Bertz CT molecular complexity index is 587. The van der Waals surface area contributed by atoms with Gasteiger partial charge in [0.1, 0.15) is 0 Å². The van der Waals surface area contributed by atoms with Gasteiger partial charge in [-0.1, -0.05) is 12.1 Å². The van der Waals surface area contributed by atoms with E-state index in [1.807, 2.05) is 11.3 Å². The van der Waals surface area contributed by atoms with Gasteiger partial charge >= 0.3 is 0 Å². The molecule has 0 amide bonds. The molecule has 86 valence electrons. The molecule has 0 aliphatic rings. The Balaban J connectivity index is 2.10. The molecule has 0 saturated heterocycles. The number of thiophene rings is 3. The van der Waals surface area contributed by atoms with Crippen LogP contribution >= 0.6 is 46.6 Å². The summed E-state index contributed by atoms with van der Waals surface area (Å²) >= 11 is 9.90. The molecular weight excluding hydrogens is 284 g/mol. The second-order valence-electron chi connectivity index (χ2n) is 3.58. The highest BCUT2D eigenvalue weighted by molar-refractivity contribution is 7.79. The smallest absolute Gasteiger partial charge is 0.0489 e. The van der Waals surface area contributed by atoms with Crippen molar-refractivity contribution in [3.05, 3.63) is 46.7 Å². The van der Waals surface area contributed by atoms with Crippen molar-refractivity contribution < 1.29 is 0 Å². The second-order valence-corrected chi connectivity index (χ2v) is 6.84. The molecule has 0 aromatic carbocycles. The fourth-order valence-electron chi connectivity index (χ4n) is 1.70. The number of rotatable bonds is 3. The minimum absolute atomic E-state index is 0.801. The van der Waals surface area contributed by atoms with Crippen LogP contribution in [0.2, 0.25) is 0 Å². The molecular formula is C13H10S4. The molecule has 0 fully saturated rings. The molecule has 3 rings (SSSR count). The molecule has 3 aromatic rings. The molecule has 0 unspecified atom stereocenters. The van der Waals surface area contributed by atoms with Crippen LogP contribution < -0.4 is 0 Å². The lowest BCUT2D eigenvalue weighted by Gasteiger charge is -1.95. The first-order valence-electron chi connectivity index (χ1n) is 5.20. The van der Waals surface area contributed by atoms with Crippen molar-refractivity contribution >= 4 is 46.6 Å². The van der Waals surface area contributed by atoms with Gasteiger partial charge in [-0.25, -0.2) is 0 Å². The van der Waals surface area contributed by atoms with Crippen molar-refractivity contribution in [2.75, 3.05) is 0 Å². The third-order valence-corrected chi connectivity index (χ3v) is 6.12. The van der Waals surface area contributed by atoms with Gasteiger partial charge < -0.3 is 0 Å². The minimum Gasteiger partial charge on any atom is -0.174 e. The van der Waals surface area contributed by atoms with Gasteiger partial charge in [-0.15, -0.1) is 34.0 Å². The Morgan fingerprint density at radius 1 is 0.941 bits per heavy atom. The molecule has 0 aliphatic heterocycles. The van der Waals surface area contributed by atoms with Gasteiger partial charge in [0.05, 0.1) is 0 Å². The summed E-state index contributed by atoms with van der Waals surface area (Å²) in [5.74, 6) is 0.801. The maximum absolute atomic E-state index is 4.44. The molecule has 3 aromatic heterocycles. The van der Waals surface area contributed by atoms with E-state index in [9.17, 15) is 0 Å². The van der Waals surface area contributed by atoms with E-state index in [2.05, 4.69) is 53.7 Å². The molecule has 0 spiro atoms. The molecule has 0 bridgehead atoms. The van der Waals surface area contributed by atoms with Crippen LogP contribution in [0.5, 0.6) is 0 Å². The number of thiol groups is 1. The first-order chi connectivity index (χ1) is 8.38. The van der Waals surface area contributed by atoms with Crippen LogP contribution in [0, 0.1) is 0 Å². The average Bonchev–Trinajstić information content (AvgIpc) is 3.09.